The molecule has 0 amide bonds. The summed E-state index contributed by atoms with van der Waals surface area (Å²) in [5.41, 5.74) is 0. The molecule has 84 valence electrons. The molecule has 0 bridgehead atoms. The Kier molecular flexibility index (Phi) is 3.78. The summed E-state index contributed by atoms with van der Waals surface area (Å²) in [6, 6.07) is 4.93. The van der Waals surface area contributed by atoms with Crippen LogP contribution in [0.2, 0.25) is 0 Å². The van der Waals surface area contributed by atoms with E-state index < -0.39 is 0 Å². The van der Waals surface area contributed by atoms with Crippen LogP contribution < -0.4 is 0 Å². The lowest BCUT2D eigenvalue weighted by atomic mass is 10.1. The minimum Gasteiger partial charge on any atom is -0.396 e. The third-order valence-electron chi connectivity index (χ3n) is 3.27. The van der Waals surface area contributed by atoms with Crippen molar-refractivity contribution in [3.63, 3.8) is 0 Å². The number of likely N-dealkylation sites (tertiary alicyclic amines) is 1. The van der Waals surface area contributed by atoms with Crippen LogP contribution in [0.5, 0.6) is 0 Å². The zero-order chi connectivity index (χ0) is 10.7. The molecule has 1 aliphatic heterocycles. The van der Waals surface area contributed by atoms with Gasteiger partial charge in [0.15, 0.2) is 0 Å². The molecular weight excluding hydrogens is 206 g/mol. The molecule has 2 rings (SSSR count). The third-order valence-corrected chi connectivity index (χ3v) is 4.25. The minimum absolute atomic E-state index is 0.345. The molecule has 1 aromatic rings. The second-order valence-electron chi connectivity index (χ2n) is 4.27. The zero-order valence-electron chi connectivity index (χ0n) is 9.22. The van der Waals surface area contributed by atoms with Crippen LogP contribution in [0.3, 0.4) is 0 Å². The van der Waals surface area contributed by atoms with Crippen LogP contribution in [0.25, 0.3) is 0 Å². The molecular formula is C12H19NOS. The van der Waals surface area contributed by atoms with E-state index in [1.165, 1.54) is 11.3 Å². The fourth-order valence-electron chi connectivity index (χ4n) is 2.41. The number of rotatable bonds is 4. The number of hydrogen-bond acceptors (Lipinski definition) is 3. The summed E-state index contributed by atoms with van der Waals surface area (Å²) in [4.78, 5) is 3.99. The Morgan fingerprint density at radius 3 is 3.07 bits per heavy atom. The van der Waals surface area contributed by atoms with Crippen molar-refractivity contribution in [2.75, 3.05) is 19.7 Å². The molecule has 0 radical (unpaired) electrons. The van der Waals surface area contributed by atoms with Crippen molar-refractivity contribution in [2.45, 2.75) is 25.8 Å². The van der Waals surface area contributed by atoms with Gasteiger partial charge >= 0.3 is 0 Å². The van der Waals surface area contributed by atoms with Gasteiger partial charge < -0.3 is 5.11 Å². The summed E-state index contributed by atoms with van der Waals surface area (Å²) in [5, 5.41) is 11.3. The topological polar surface area (TPSA) is 23.5 Å². The van der Waals surface area contributed by atoms with Crippen LogP contribution in [0.15, 0.2) is 17.5 Å². The van der Waals surface area contributed by atoms with E-state index in [1.54, 1.807) is 0 Å². The van der Waals surface area contributed by atoms with Crippen LogP contribution in [0, 0.1) is 5.92 Å². The van der Waals surface area contributed by atoms with Gasteiger partial charge in [0.1, 0.15) is 0 Å². The molecule has 0 aromatic carbocycles. The van der Waals surface area contributed by atoms with E-state index >= 15 is 0 Å². The van der Waals surface area contributed by atoms with Crippen molar-refractivity contribution in [1.82, 2.24) is 4.90 Å². The van der Waals surface area contributed by atoms with Gasteiger partial charge in [-0.15, -0.1) is 11.3 Å². The van der Waals surface area contributed by atoms with Crippen molar-refractivity contribution in [3.8, 4) is 0 Å². The van der Waals surface area contributed by atoms with Crippen LogP contribution in [0.1, 0.15) is 30.7 Å². The van der Waals surface area contributed by atoms with Gasteiger partial charge in [-0.25, -0.2) is 0 Å². The zero-order valence-corrected chi connectivity index (χ0v) is 10.0. The van der Waals surface area contributed by atoms with E-state index in [9.17, 15) is 0 Å². The molecule has 2 nitrogen and oxygen atoms in total. The summed E-state index contributed by atoms with van der Waals surface area (Å²) in [7, 11) is 0. The molecule has 2 atom stereocenters. The molecule has 1 N–H and O–H groups in total. The molecule has 15 heavy (non-hydrogen) atoms. The summed E-state index contributed by atoms with van der Waals surface area (Å²) in [5.74, 6) is 0.499. The molecule has 0 saturated carbocycles. The van der Waals surface area contributed by atoms with Gasteiger partial charge in [-0.2, -0.15) is 0 Å². The van der Waals surface area contributed by atoms with Gasteiger partial charge in [-0.05, 0) is 36.8 Å². The largest absolute Gasteiger partial charge is 0.396 e. The first-order valence-electron chi connectivity index (χ1n) is 5.73. The first-order chi connectivity index (χ1) is 7.35. The maximum Gasteiger partial charge on any atom is 0.0471 e. The number of aliphatic hydroxyl groups excluding tert-OH is 1. The molecule has 0 spiro atoms. The Morgan fingerprint density at radius 1 is 1.67 bits per heavy atom. The van der Waals surface area contributed by atoms with E-state index in [-0.39, 0.29) is 0 Å². The number of thiophene rings is 1. The molecule has 1 fully saturated rings. The van der Waals surface area contributed by atoms with E-state index in [1.807, 2.05) is 11.3 Å². The van der Waals surface area contributed by atoms with Gasteiger partial charge in [-0.3, -0.25) is 4.90 Å². The Hall–Kier alpha value is -0.380. The van der Waals surface area contributed by atoms with Crippen molar-refractivity contribution in [3.05, 3.63) is 22.4 Å². The van der Waals surface area contributed by atoms with Crippen molar-refractivity contribution < 1.29 is 5.11 Å². The molecule has 2 heterocycles. The van der Waals surface area contributed by atoms with Gasteiger partial charge in [0.2, 0.25) is 0 Å². The summed E-state index contributed by atoms with van der Waals surface area (Å²) >= 11 is 1.85. The number of nitrogens with zero attached hydrogens (tertiary/aromatic N) is 1. The molecule has 2 unspecified atom stereocenters. The van der Waals surface area contributed by atoms with E-state index in [4.69, 9.17) is 5.11 Å². The van der Waals surface area contributed by atoms with Crippen molar-refractivity contribution in [2.24, 2.45) is 5.92 Å². The van der Waals surface area contributed by atoms with Crippen LogP contribution in [-0.4, -0.2) is 29.7 Å². The molecule has 1 saturated heterocycles. The van der Waals surface area contributed by atoms with Crippen LogP contribution in [-0.2, 0) is 0 Å². The summed E-state index contributed by atoms with van der Waals surface area (Å²) < 4.78 is 0. The number of aliphatic hydroxyl groups is 1. The van der Waals surface area contributed by atoms with Gasteiger partial charge in [0.05, 0.1) is 0 Å². The highest BCUT2D eigenvalue weighted by molar-refractivity contribution is 7.10. The summed E-state index contributed by atoms with van der Waals surface area (Å²) in [6.45, 7) is 4.79. The second kappa shape index (κ2) is 5.10. The normalized spacial score (nSPS) is 24.5. The van der Waals surface area contributed by atoms with Crippen molar-refractivity contribution in [1.29, 1.82) is 0 Å². The lowest BCUT2D eigenvalue weighted by Crippen LogP contribution is -2.26. The molecule has 3 heteroatoms. The van der Waals surface area contributed by atoms with Gasteiger partial charge in [0.25, 0.3) is 0 Å². The van der Waals surface area contributed by atoms with E-state index in [0.717, 1.165) is 19.5 Å². The Labute approximate surface area is 95.5 Å². The van der Waals surface area contributed by atoms with E-state index in [2.05, 4.69) is 29.3 Å². The molecule has 1 aliphatic rings. The average molecular weight is 225 g/mol. The average Bonchev–Trinajstić information content (AvgIpc) is 2.89. The van der Waals surface area contributed by atoms with Crippen molar-refractivity contribution >= 4 is 11.3 Å². The van der Waals surface area contributed by atoms with E-state index in [0.29, 0.717) is 18.6 Å². The highest BCUT2D eigenvalue weighted by Crippen LogP contribution is 2.32. The maximum absolute atomic E-state index is 9.14. The quantitative estimate of drug-likeness (QED) is 0.851. The summed E-state index contributed by atoms with van der Waals surface area (Å²) in [6.07, 6.45) is 2.32. The standard InChI is InChI=1S/C12H19NOS/c1-2-11(12-4-3-7-15-12)13-6-5-10(8-13)9-14/h3-4,7,10-11,14H,2,5-6,8-9H2,1H3. The Balaban J connectivity index is 2.02. The lowest BCUT2D eigenvalue weighted by Gasteiger charge is -2.25. The van der Waals surface area contributed by atoms with Crippen LogP contribution in [0.4, 0.5) is 0 Å². The fraction of sp³-hybridized carbons (Fsp3) is 0.667. The highest BCUT2D eigenvalue weighted by atomic mass is 32.1. The smallest absolute Gasteiger partial charge is 0.0471 e. The lowest BCUT2D eigenvalue weighted by molar-refractivity contribution is 0.197. The first kappa shape index (κ1) is 11.1. The SMILES string of the molecule is CCC(c1cccs1)N1CCC(CO)C1. The fourth-order valence-corrected chi connectivity index (χ4v) is 3.36. The third kappa shape index (κ3) is 2.41. The first-order valence-corrected chi connectivity index (χ1v) is 6.61. The predicted octanol–water partition coefficient (Wildman–Crippen LogP) is 2.51. The van der Waals surface area contributed by atoms with Gasteiger partial charge in [0, 0.05) is 24.1 Å². The monoisotopic (exact) mass is 225 g/mol. The van der Waals surface area contributed by atoms with Crippen LogP contribution >= 0.6 is 11.3 Å². The second-order valence-corrected chi connectivity index (χ2v) is 5.25. The Morgan fingerprint density at radius 2 is 2.53 bits per heavy atom. The minimum atomic E-state index is 0.345. The maximum atomic E-state index is 9.14. The number of hydrogen-bond donors (Lipinski definition) is 1. The Bertz CT molecular complexity index is 286. The van der Waals surface area contributed by atoms with Gasteiger partial charge in [-0.1, -0.05) is 13.0 Å². The molecule has 1 aromatic heterocycles. The highest BCUT2D eigenvalue weighted by Gasteiger charge is 2.27. The predicted molar refractivity (Wildman–Crippen MR) is 64.1 cm³/mol. The molecule has 0 aliphatic carbocycles.